The highest BCUT2D eigenvalue weighted by molar-refractivity contribution is 7.17. The van der Waals surface area contributed by atoms with Crippen molar-refractivity contribution in [2.75, 3.05) is 18.6 Å². The summed E-state index contributed by atoms with van der Waals surface area (Å²) in [5.41, 5.74) is 1.78. The molecule has 1 saturated heterocycles. The number of aliphatic hydroxyl groups excluding tert-OH is 1. The minimum Gasteiger partial charge on any atom is -0.507 e. The van der Waals surface area contributed by atoms with Crippen molar-refractivity contribution in [1.29, 1.82) is 0 Å². The molecule has 10 heteroatoms. The number of ketones is 1. The Balaban J connectivity index is 1.89. The number of hydrogen-bond donors (Lipinski definition) is 1. The first kappa shape index (κ1) is 26.1. The number of carbonyl (C=O) groups excluding carboxylic acids is 3. The van der Waals surface area contributed by atoms with Crippen molar-refractivity contribution in [3.8, 4) is 5.75 Å². The van der Waals surface area contributed by atoms with Crippen LogP contribution in [0.1, 0.15) is 38.1 Å². The first-order valence-corrected chi connectivity index (χ1v) is 12.3. The lowest BCUT2D eigenvalue weighted by molar-refractivity contribution is -0.132. The van der Waals surface area contributed by atoms with E-state index in [1.807, 2.05) is 0 Å². The molecule has 4 rings (SSSR count). The second kappa shape index (κ2) is 10.6. The Labute approximate surface area is 222 Å². The van der Waals surface area contributed by atoms with Crippen molar-refractivity contribution in [1.82, 2.24) is 4.98 Å². The minimum absolute atomic E-state index is 0.109. The van der Waals surface area contributed by atoms with Gasteiger partial charge in [-0.15, -0.1) is 0 Å². The summed E-state index contributed by atoms with van der Waals surface area (Å²) in [4.78, 5) is 44.7. The number of hydrogen-bond acceptors (Lipinski definition) is 8. The zero-order valence-corrected chi connectivity index (χ0v) is 21.9. The Morgan fingerprint density at radius 1 is 1.22 bits per heavy atom. The number of aliphatic hydroxyl groups is 1. The van der Waals surface area contributed by atoms with Crippen LogP contribution < -0.4 is 9.64 Å². The fourth-order valence-electron chi connectivity index (χ4n) is 4.05. The van der Waals surface area contributed by atoms with Gasteiger partial charge in [0.2, 0.25) is 0 Å². The van der Waals surface area contributed by atoms with E-state index in [4.69, 9.17) is 21.1 Å². The lowest BCUT2D eigenvalue weighted by atomic mass is 9.94. The van der Waals surface area contributed by atoms with E-state index >= 15 is 0 Å². The maximum Gasteiger partial charge on any atom is 0.350 e. The Morgan fingerprint density at radius 3 is 2.54 bits per heavy atom. The van der Waals surface area contributed by atoms with Gasteiger partial charge >= 0.3 is 11.9 Å². The van der Waals surface area contributed by atoms with Crippen LogP contribution in [0.3, 0.4) is 0 Å². The summed E-state index contributed by atoms with van der Waals surface area (Å²) < 4.78 is 10.4. The van der Waals surface area contributed by atoms with Crippen LogP contribution in [0, 0.1) is 13.8 Å². The predicted octanol–water partition coefficient (Wildman–Crippen LogP) is 5.39. The zero-order chi connectivity index (χ0) is 26.9. The van der Waals surface area contributed by atoms with Gasteiger partial charge in [0.05, 0.1) is 24.4 Å². The van der Waals surface area contributed by atoms with Crippen molar-refractivity contribution in [2.45, 2.75) is 19.9 Å². The number of ether oxygens (including phenoxy) is 2. The highest BCUT2D eigenvalue weighted by Crippen LogP contribution is 2.44. The Morgan fingerprint density at radius 2 is 1.92 bits per heavy atom. The number of esters is 1. The number of halogens is 1. The molecule has 8 nitrogen and oxygen atoms in total. The van der Waals surface area contributed by atoms with Gasteiger partial charge in [-0.25, -0.2) is 9.78 Å². The molecule has 1 atom stereocenters. The van der Waals surface area contributed by atoms with E-state index in [0.29, 0.717) is 39.8 Å². The number of Topliss-reactive ketones (excluding diaryl/α,β-unsaturated/α-hetero) is 1. The van der Waals surface area contributed by atoms with E-state index < -0.39 is 23.7 Å². The predicted molar refractivity (Wildman–Crippen MR) is 141 cm³/mol. The molecule has 2 aromatic carbocycles. The molecular formula is C27H23ClN2O6S. The van der Waals surface area contributed by atoms with Gasteiger partial charge < -0.3 is 14.6 Å². The number of aryl methyl sites for hydroxylation is 2. The van der Waals surface area contributed by atoms with Crippen LogP contribution in [0.5, 0.6) is 5.75 Å². The number of rotatable bonds is 7. The third kappa shape index (κ3) is 4.87. The molecule has 1 fully saturated rings. The van der Waals surface area contributed by atoms with Gasteiger partial charge in [-0.05, 0) is 55.3 Å². The van der Waals surface area contributed by atoms with Crippen molar-refractivity contribution in [2.24, 2.45) is 0 Å². The van der Waals surface area contributed by atoms with Gasteiger partial charge in [0.25, 0.3) is 5.78 Å². The molecule has 0 bridgehead atoms. The van der Waals surface area contributed by atoms with Crippen molar-refractivity contribution in [3.05, 3.63) is 93.0 Å². The third-order valence-electron chi connectivity index (χ3n) is 5.81. The van der Waals surface area contributed by atoms with Crippen molar-refractivity contribution in [3.63, 3.8) is 0 Å². The molecule has 0 unspecified atom stereocenters. The number of amides is 1. The van der Waals surface area contributed by atoms with Gasteiger partial charge in [-0.3, -0.25) is 14.5 Å². The molecule has 0 aliphatic carbocycles. The fraction of sp³-hybridized carbons (Fsp3) is 0.185. The van der Waals surface area contributed by atoms with Crippen LogP contribution >= 0.6 is 22.9 Å². The summed E-state index contributed by atoms with van der Waals surface area (Å²) in [6.07, 6.45) is 1.61. The maximum atomic E-state index is 13.4. The summed E-state index contributed by atoms with van der Waals surface area (Å²) in [6.45, 7) is 7.31. The number of methoxy groups -OCH3 is 1. The number of aromatic nitrogens is 1. The molecular weight excluding hydrogens is 516 g/mol. The largest absolute Gasteiger partial charge is 0.507 e. The van der Waals surface area contributed by atoms with Crippen molar-refractivity contribution < 1.29 is 29.0 Å². The molecule has 2 heterocycles. The van der Waals surface area contributed by atoms with E-state index in [1.165, 1.54) is 12.0 Å². The van der Waals surface area contributed by atoms with Gasteiger partial charge in [0, 0.05) is 10.6 Å². The highest BCUT2D eigenvalue weighted by atomic mass is 35.5. The number of nitrogens with zero attached hydrogens (tertiary/aromatic N) is 2. The van der Waals surface area contributed by atoms with Crippen LogP contribution in [0.4, 0.5) is 5.13 Å². The van der Waals surface area contributed by atoms with Crippen LogP contribution in [-0.2, 0) is 14.3 Å². The van der Waals surface area contributed by atoms with E-state index in [0.717, 1.165) is 11.3 Å². The third-order valence-corrected chi connectivity index (χ3v) is 7.20. The lowest BCUT2D eigenvalue weighted by Crippen LogP contribution is -2.29. The molecule has 190 valence electrons. The maximum absolute atomic E-state index is 13.4. The van der Waals surface area contributed by atoms with E-state index in [1.54, 1.807) is 62.4 Å². The SMILES string of the molecule is C=CCOc1ccc(C(O)=C2C(=O)C(=O)N(c3nc(C)c(C(=O)OC)s3)[C@@H]2c2ccc(Cl)cc2)c(C)c1. The number of carbonyl (C=O) groups is 3. The normalized spacial score (nSPS) is 16.6. The first-order chi connectivity index (χ1) is 17.7. The molecule has 1 N–H and O–H groups in total. The van der Waals surface area contributed by atoms with Crippen LogP contribution in [-0.4, -0.2) is 41.5 Å². The fourth-order valence-corrected chi connectivity index (χ4v) is 5.19. The number of anilines is 1. The molecule has 1 aromatic heterocycles. The van der Waals surface area contributed by atoms with Gasteiger partial charge in [-0.2, -0.15) is 0 Å². The van der Waals surface area contributed by atoms with Gasteiger partial charge in [0.15, 0.2) is 5.13 Å². The molecule has 0 saturated carbocycles. The summed E-state index contributed by atoms with van der Waals surface area (Å²) >= 11 is 7.01. The summed E-state index contributed by atoms with van der Waals surface area (Å²) in [5, 5.41) is 12.0. The average Bonchev–Trinajstić information content (AvgIpc) is 3.39. The zero-order valence-electron chi connectivity index (χ0n) is 20.3. The molecule has 1 amide bonds. The number of thiazole rings is 1. The summed E-state index contributed by atoms with van der Waals surface area (Å²) in [5.74, 6) is -2.13. The van der Waals surface area contributed by atoms with Gasteiger partial charge in [-0.1, -0.05) is 47.7 Å². The molecule has 1 aliphatic heterocycles. The highest BCUT2D eigenvalue weighted by Gasteiger charge is 2.48. The Hall–Kier alpha value is -3.95. The van der Waals surface area contributed by atoms with Crippen molar-refractivity contribution >= 4 is 51.5 Å². The Kier molecular flexibility index (Phi) is 7.47. The molecule has 37 heavy (non-hydrogen) atoms. The second-order valence-electron chi connectivity index (χ2n) is 8.20. The van der Waals surface area contributed by atoms with Crippen LogP contribution in [0.25, 0.3) is 5.76 Å². The smallest absolute Gasteiger partial charge is 0.350 e. The summed E-state index contributed by atoms with van der Waals surface area (Å²) in [7, 11) is 1.25. The lowest BCUT2D eigenvalue weighted by Gasteiger charge is -2.23. The molecule has 0 radical (unpaired) electrons. The minimum atomic E-state index is -1.01. The average molecular weight is 539 g/mol. The molecule has 0 spiro atoms. The molecule has 3 aromatic rings. The standard InChI is InChI=1S/C27H23ClN2O6S/c1-5-12-36-18-10-11-19(14(2)13-18)22(31)20-21(16-6-8-17(28)9-7-16)30(25(33)23(20)32)27-29-15(3)24(37-27)26(34)35-4/h5-11,13,21,31H,1,12H2,2-4H3/t21-/m1/s1. The van der Waals surface area contributed by atoms with E-state index in [9.17, 15) is 19.5 Å². The van der Waals surface area contributed by atoms with Crippen LogP contribution in [0.2, 0.25) is 5.02 Å². The quantitative estimate of drug-likeness (QED) is 0.141. The Bertz CT molecular complexity index is 1440. The van der Waals surface area contributed by atoms with E-state index in [-0.39, 0.29) is 21.3 Å². The number of benzene rings is 2. The topological polar surface area (TPSA) is 106 Å². The van der Waals surface area contributed by atoms with E-state index in [2.05, 4.69) is 11.6 Å². The molecule has 1 aliphatic rings. The second-order valence-corrected chi connectivity index (χ2v) is 9.61. The summed E-state index contributed by atoms with van der Waals surface area (Å²) in [6, 6.07) is 10.6. The van der Waals surface area contributed by atoms with Crippen LogP contribution in [0.15, 0.2) is 60.7 Å². The first-order valence-electron chi connectivity index (χ1n) is 11.1. The van der Waals surface area contributed by atoms with Gasteiger partial charge in [0.1, 0.15) is 23.0 Å². The monoisotopic (exact) mass is 538 g/mol.